The first-order chi connectivity index (χ1) is 9.38. The second kappa shape index (κ2) is 5.90. The fourth-order valence-electron chi connectivity index (χ4n) is 1.80. The van der Waals surface area contributed by atoms with Gasteiger partial charge in [-0.3, -0.25) is 4.79 Å². The lowest BCUT2D eigenvalue weighted by atomic mass is 10.0. The molecule has 108 valence electrons. The number of rotatable bonds is 5. The van der Waals surface area contributed by atoms with E-state index >= 15 is 0 Å². The Morgan fingerprint density at radius 2 is 2.15 bits per heavy atom. The summed E-state index contributed by atoms with van der Waals surface area (Å²) < 4.78 is 6.09. The van der Waals surface area contributed by atoms with Gasteiger partial charge in [-0.25, -0.2) is 4.79 Å². The number of carboxylic acid groups (broad SMARTS) is 1. The van der Waals surface area contributed by atoms with Crippen molar-refractivity contribution in [2.75, 3.05) is 25.0 Å². The summed E-state index contributed by atoms with van der Waals surface area (Å²) in [5.41, 5.74) is 0.230. The average Bonchev–Trinajstić information content (AvgIpc) is 2.33. The molecule has 0 bridgehead atoms. The standard InChI is InChI=1S/C13H15BrN2O4/c1-13(6-15-7-13)20-5-11(17)16-10-3-8(12(18)19)2-9(14)4-10/h2-4,15H,5-7H2,1H3,(H,16,17)(H,18,19). The molecule has 1 aliphatic rings. The van der Waals surface area contributed by atoms with Crippen LogP contribution in [0.4, 0.5) is 5.69 Å². The Hall–Kier alpha value is -1.44. The zero-order valence-corrected chi connectivity index (χ0v) is 12.5. The SMILES string of the molecule is CC1(OCC(=O)Nc2cc(Br)cc(C(=O)O)c2)CNC1. The Morgan fingerprint density at radius 1 is 1.45 bits per heavy atom. The van der Waals surface area contributed by atoms with E-state index in [1.165, 1.54) is 12.1 Å². The number of halogens is 1. The number of carbonyl (C=O) groups excluding carboxylic acids is 1. The predicted molar refractivity (Wildman–Crippen MR) is 77.0 cm³/mol. The zero-order valence-electron chi connectivity index (χ0n) is 10.9. The van der Waals surface area contributed by atoms with Crippen LogP contribution in [-0.2, 0) is 9.53 Å². The number of carboxylic acids is 1. The van der Waals surface area contributed by atoms with Gasteiger partial charge in [-0.05, 0) is 25.1 Å². The third-order valence-corrected chi connectivity index (χ3v) is 3.44. The monoisotopic (exact) mass is 342 g/mol. The van der Waals surface area contributed by atoms with Crippen molar-refractivity contribution in [3.63, 3.8) is 0 Å². The van der Waals surface area contributed by atoms with Gasteiger partial charge in [-0.15, -0.1) is 0 Å². The molecule has 3 N–H and O–H groups in total. The van der Waals surface area contributed by atoms with Crippen LogP contribution in [0, 0.1) is 0 Å². The number of amides is 1. The minimum atomic E-state index is -1.05. The van der Waals surface area contributed by atoms with E-state index in [2.05, 4.69) is 26.6 Å². The van der Waals surface area contributed by atoms with Crippen LogP contribution in [0.5, 0.6) is 0 Å². The van der Waals surface area contributed by atoms with E-state index in [1.54, 1.807) is 6.07 Å². The molecule has 1 fully saturated rings. The Labute approximate surface area is 124 Å². The second-order valence-corrected chi connectivity index (χ2v) is 5.84. The molecule has 0 spiro atoms. The van der Waals surface area contributed by atoms with Gasteiger partial charge in [0.1, 0.15) is 6.61 Å². The molecule has 20 heavy (non-hydrogen) atoms. The molecule has 0 unspecified atom stereocenters. The summed E-state index contributed by atoms with van der Waals surface area (Å²) in [7, 11) is 0. The minimum absolute atomic E-state index is 0.0624. The number of carbonyl (C=O) groups is 2. The smallest absolute Gasteiger partial charge is 0.335 e. The first-order valence-corrected chi connectivity index (χ1v) is 6.86. The summed E-state index contributed by atoms with van der Waals surface area (Å²) in [5, 5.41) is 14.6. The summed E-state index contributed by atoms with van der Waals surface area (Å²) in [4.78, 5) is 22.7. The summed E-state index contributed by atoms with van der Waals surface area (Å²) >= 11 is 3.21. The van der Waals surface area contributed by atoms with Gasteiger partial charge in [0, 0.05) is 23.2 Å². The van der Waals surface area contributed by atoms with E-state index in [0.717, 1.165) is 13.1 Å². The number of hydrogen-bond acceptors (Lipinski definition) is 4. The van der Waals surface area contributed by atoms with Crippen LogP contribution in [0.15, 0.2) is 22.7 Å². The van der Waals surface area contributed by atoms with Crippen molar-refractivity contribution in [2.45, 2.75) is 12.5 Å². The summed E-state index contributed by atoms with van der Waals surface area (Å²) in [6.45, 7) is 3.31. The van der Waals surface area contributed by atoms with Crippen LogP contribution in [0.1, 0.15) is 17.3 Å². The maximum atomic E-state index is 11.8. The molecule has 6 nitrogen and oxygen atoms in total. The topological polar surface area (TPSA) is 87.7 Å². The van der Waals surface area contributed by atoms with Crippen molar-refractivity contribution in [3.05, 3.63) is 28.2 Å². The molecule has 1 aromatic carbocycles. The van der Waals surface area contributed by atoms with E-state index in [0.29, 0.717) is 10.2 Å². The Bertz CT molecular complexity index is 543. The van der Waals surface area contributed by atoms with Crippen molar-refractivity contribution < 1.29 is 19.4 Å². The molecule has 7 heteroatoms. The van der Waals surface area contributed by atoms with Gasteiger partial charge in [0.15, 0.2) is 0 Å². The lowest BCUT2D eigenvalue weighted by Crippen LogP contribution is -2.59. The largest absolute Gasteiger partial charge is 0.478 e. The van der Waals surface area contributed by atoms with E-state index in [9.17, 15) is 9.59 Å². The van der Waals surface area contributed by atoms with Crippen LogP contribution in [0.3, 0.4) is 0 Å². The number of hydrogen-bond donors (Lipinski definition) is 3. The fraction of sp³-hybridized carbons (Fsp3) is 0.385. The molecule has 2 rings (SSSR count). The van der Waals surface area contributed by atoms with Gasteiger partial charge in [0.2, 0.25) is 5.91 Å². The van der Waals surface area contributed by atoms with Gasteiger partial charge in [0.25, 0.3) is 0 Å². The van der Waals surface area contributed by atoms with Crippen LogP contribution in [0.25, 0.3) is 0 Å². The van der Waals surface area contributed by atoms with Gasteiger partial charge >= 0.3 is 5.97 Å². The summed E-state index contributed by atoms with van der Waals surface area (Å²) in [5.74, 6) is -1.36. The minimum Gasteiger partial charge on any atom is -0.478 e. The number of anilines is 1. The average molecular weight is 343 g/mol. The quantitative estimate of drug-likeness (QED) is 0.754. The second-order valence-electron chi connectivity index (χ2n) is 4.92. The molecule has 0 atom stereocenters. The van der Waals surface area contributed by atoms with Crippen LogP contribution >= 0.6 is 15.9 Å². The molecule has 1 amide bonds. The van der Waals surface area contributed by atoms with E-state index in [-0.39, 0.29) is 23.7 Å². The van der Waals surface area contributed by atoms with Gasteiger partial charge < -0.3 is 20.5 Å². The Morgan fingerprint density at radius 3 is 2.70 bits per heavy atom. The Kier molecular flexibility index (Phi) is 4.42. The van der Waals surface area contributed by atoms with Gasteiger partial charge in [0.05, 0.1) is 11.2 Å². The van der Waals surface area contributed by atoms with E-state index < -0.39 is 5.97 Å². The highest BCUT2D eigenvalue weighted by molar-refractivity contribution is 9.10. The van der Waals surface area contributed by atoms with E-state index in [4.69, 9.17) is 9.84 Å². The molecule has 0 aromatic heterocycles. The highest BCUT2D eigenvalue weighted by atomic mass is 79.9. The summed E-state index contributed by atoms with van der Waals surface area (Å²) in [6, 6.07) is 4.50. The molecule has 1 aromatic rings. The molecule has 1 aliphatic heterocycles. The maximum Gasteiger partial charge on any atom is 0.335 e. The third kappa shape index (κ3) is 3.78. The van der Waals surface area contributed by atoms with Crippen LogP contribution in [0.2, 0.25) is 0 Å². The molecular formula is C13H15BrN2O4. The number of ether oxygens (including phenoxy) is 1. The normalized spacial score (nSPS) is 16.3. The Balaban J connectivity index is 1.95. The first kappa shape index (κ1) is 15.0. The molecule has 1 heterocycles. The molecule has 1 saturated heterocycles. The van der Waals surface area contributed by atoms with Crippen molar-refractivity contribution >= 4 is 33.5 Å². The first-order valence-electron chi connectivity index (χ1n) is 6.06. The van der Waals surface area contributed by atoms with Gasteiger partial charge in [-0.1, -0.05) is 15.9 Å². The van der Waals surface area contributed by atoms with Crippen LogP contribution in [-0.4, -0.2) is 42.3 Å². The molecule has 0 radical (unpaired) electrons. The third-order valence-electron chi connectivity index (χ3n) is 2.98. The fourth-order valence-corrected chi connectivity index (χ4v) is 2.29. The number of nitrogens with one attached hydrogen (secondary N) is 2. The number of aromatic carboxylic acids is 1. The summed E-state index contributed by atoms with van der Waals surface area (Å²) in [6.07, 6.45) is 0. The van der Waals surface area contributed by atoms with Gasteiger partial charge in [-0.2, -0.15) is 0 Å². The number of benzene rings is 1. The van der Waals surface area contributed by atoms with Crippen molar-refractivity contribution in [3.8, 4) is 0 Å². The van der Waals surface area contributed by atoms with Crippen molar-refractivity contribution in [1.82, 2.24) is 5.32 Å². The van der Waals surface area contributed by atoms with Crippen molar-refractivity contribution in [2.24, 2.45) is 0 Å². The lowest BCUT2D eigenvalue weighted by molar-refractivity contribution is -0.130. The molecule has 0 aliphatic carbocycles. The highest BCUT2D eigenvalue weighted by Crippen LogP contribution is 2.20. The maximum absolute atomic E-state index is 11.8. The van der Waals surface area contributed by atoms with Crippen molar-refractivity contribution in [1.29, 1.82) is 0 Å². The zero-order chi connectivity index (χ0) is 14.8. The highest BCUT2D eigenvalue weighted by Gasteiger charge is 2.33. The van der Waals surface area contributed by atoms with Crippen LogP contribution < -0.4 is 10.6 Å². The molecule has 0 saturated carbocycles. The lowest BCUT2D eigenvalue weighted by Gasteiger charge is -2.38. The molecular weight excluding hydrogens is 328 g/mol. The predicted octanol–water partition coefficient (Wildman–Crippen LogP) is 1.46. The van der Waals surface area contributed by atoms with E-state index in [1.807, 2.05) is 6.92 Å².